The summed E-state index contributed by atoms with van der Waals surface area (Å²) in [6, 6.07) is 0. The molecule has 1 aliphatic rings. The molecule has 1 rings (SSSR count). The van der Waals surface area contributed by atoms with Crippen molar-refractivity contribution in [2.24, 2.45) is 5.92 Å². The summed E-state index contributed by atoms with van der Waals surface area (Å²) in [5.74, 6) is -0.143. The average Bonchev–Trinajstić information content (AvgIpc) is 2.79. The summed E-state index contributed by atoms with van der Waals surface area (Å²) < 4.78 is 5.09. The molecule has 0 aromatic rings. The first-order valence-corrected chi connectivity index (χ1v) is 8.90. The predicted octanol–water partition coefficient (Wildman–Crippen LogP) is 2.95. The van der Waals surface area contributed by atoms with Gasteiger partial charge in [-0.15, -0.1) is 0 Å². The van der Waals surface area contributed by atoms with Crippen molar-refractivity contribution in [3.8, 4) is 0 Å². The van der Waals surface area contributed by atoms with Gasteiger partial charge in [0.1, 0.15) is 0 Å². The number of carbonyl (C=O) groups is 1. The normalized spacial score (nSPS) is 17.8. The minimum absolute atomic E-state index is 0.172. The third kappa shape index (κ3) is 8.11. The van der Waals surface area contributed by atoms with Gasteiger partial charge in [-0.05, 0) is 50.9 Å². The Morgan fingerprint density at radius 3 is 2.92 bits per heavy atom. The second kappa shape index (κ2) is 12.5. The maximum atomic E-state index is 12.0. The zero-order chi connectivity index (χ0) is 17.6. The van der Waals surface area contributed by atoms with Crippen LogP contribution in [0.4, 0.5) is 0 Å². The van der Waals surface area contributed by atoms with Gasteiger partial charge in [0.05, 0.1) is 6.61 Å². The number of hydrogen-bond acceptors (Lipinski definition) is 5. The molecule has 0 heterocycles. The summed E-state index contributed by atoms with van der Waals surface area (Å²) in [5, 5.41) is 14.1. The fraction of sp³-hybridized carbons (Fsp3) is 0.579. The fourth-order valence-electron chi connectivity index (χ4n) is 2.53. The van der Waals surface area contributed by atoms with E-state index >= 15 is 0 Å². The smallest absolute Gasteiger partial charge is 0.334 e. The van der Waals surface area contributed by atoms with Gasteiger partial charge >= 0.3 is 5.97 Å². The van der Waals surface area contributed by atoms with E-state index in [0.29, 0.717) is 18.6 Å². The van der Waals surface area contributed by atoms with E-state index < -0.39 is 0 Å². The van der Waals surface area contributed by atoms with Gasteiger partial charge in [0.25, 0.3) is 0 Å². The molecule has 24 heavy (non-hydrogen) atoms. The number of rotatable bonds is 11. The lowest BCUT2D eigenvalue weighted by atomic mass is 9.99. The first kappa shape index (κ1) is 20.2. The summed E-state index contributed by atoms with van der Waals surface area (Å²) in [4.78, 5) is 12.0. The summed E-state index contributed by atoms with van der Waals surface area (Å²) in [6.07, 6.45) is 13.0. The predicted molar refractivity (Wildman–Crippen MR) is 99.2 cm³/mol. The van der Waals surface area contributed by atoms with Crippen LogP contribution in [-0.4, -0.2) is 38.4 Å². The minimum Gasteiger partial charge on any atom is -0.463 e. The van der Waals surface area contributed by atoms with Crippen LogP contribution in [-0.2, 0) is 9.53 Å². The molecular weight excluding hydrogens is 302 g/mol. The largest absolute Gasteiger partial charge is 0.463 e. The molecule has 0 aromatic heterocycles. The Bertz CT molecular complexity index is 481. The summed E-state index contributed by atoms with van der Waals surface area (Å²) >= 11 is 0. The number of hydrogen-bond donors (Lipinski definition) is 3. The molecule has 5 nitrogen and oxygen atoms in total. The van der Waals surface area contributed by atoms with Gasteiger partial charge < -0.3 is 20.8 Å². The Labute approximate surface area is 145 Å². The summed E-state index contributed by atoms with van der Waals surface area (Å²) in [6.45, 7) is 7.15. The minimum atomic E-state index is -0.315. The highest BCUT2D eigenvalue weighted by atomic mass is 16.5. The zero-order valence-corrected chi connectivity index (χ0v) is 14.9. The molecule has 0 aliphatic heterocycles. The lowest BCUT2D eigenvalue weighted by molar-refractivity contribution is -0.138. The van der Waals surface area contributed by atoms with E-state index in [9.17, 15) is 4.79 Å². The van der Waals surface area contributed by atoms with Crippen molar-refractivity contribution in [1.29, 1.82) is 5.41 Å². The van der Waals surface area contributed by atoms with Crippen LogP contribution < -0.4 is 10.6 Å². The van der Waals surface area contributed by atoms with Crippen molar-refractivity contribution in [1.82, 2.24) is 10.6 Å². The Balaban J connectivity index is 2.69. The molecule has 0 radical (unpaired) electrons. The molecule has 1 aliphatic carbocycles. The second-order valence-electron chi connectivity index (χ2n) is 5.76. The van der Waals surface area contributed by atoms with Crippen LogP contribution in [0.25, 0.3) is 0 Å². The molecule has 3 N–H and O–H groups in total. The van der Waals surface area contributed by atoms with E-state index in [1.165, 1.54) is 6.21 Å². The lowest BCUT2D eigenvalue weighted by Gasteiger charge is -2.12. The van der Waals surface area contributed by atoms with Gasteiger partial charge in [-0.3, -0.25) is 0 Å². The number of nitrogens with one attached hydrogen (secondary N) is 3. The lowest BCUT2D eigenvalue weighted by Crippen LogP contribution is -2.27. The van der Waals surface area contributed by atoms with E-state index in [1.54, 1.807) is 6.92 Å². The van der Waals surface area contributed by atoms with Gasteiger partial charge in [0.15, 0.2) is 0 Å². The fourth-order valence-corrected chi connectivity index (χ4v) is 2.53. The van der Waals surface area contributed by atoms with Crippen molar-refractivity contribution in [3.05, 3.63) is 35.6 Å². The van der Waals surface area contributed by atoms with E-state index in [0.717, 1.165) is 44.6 Å². The summed E-state index contributed by atoms with van der Waals surface area (Å²) in [7, 11) is 0. The molecule has 0 saturated carbocycles. The number of carbonyl (C=O) groups excluding carboxylic acids is 1. The molecule has 0 amide bonds. The number of ether oxygens (including phenoxy) is 1. The average molecular weight is 333 g/mol. The van der Waals surface area contributed by atoms with Crippen LogP contribution in [0.2, 0.25) is 0 Å². The Morgan fingerprint density at radius 2 is 2.21 bits per heavy atom. The van der Waals surface area contributed by atoms with Crippen LogP contribution in [0.1, 0.15) is 39.5 Å². The monoisotopic (exact) mass is 333 g/mol. The molecule has 1 unspecified atom stereocenters. The van der Waals surface area contributed by atoms with Crippen molar-refractivity contribution >= 4 is 12.2 Å². The highest BCUT2D eigenvalue weighted by molar-refractivity contribution is 5.91. The molecule has 0 aromatic carbocycles. The Morgan fingerprint density at radius 1 is 1.38 bits per heavy atom. The standard InChI is InChI=1S/C19H31N3O2/c1-3-11-21-12-13-22-18-8-6-5-7-16(15-18)14-17(9-10-20)19(23)24-4-2/h6,8,10,14-16,20-22H,3-5,7,9,11-13H2,1-2H3/b17-14+,20-10?. The van der Waals surface area contributed by atoms with E-state index in [2.05, 4.69) is 35.8 Å². The maximum absolute atomic E-state index is 12.0. The molecule has 1 atom stereocenters. The molecule has 0 bridgehead atoms. The Hall–Kier alpha value is -1.88. The van der Waals surface area contributed by atoms with Crippen LogP contribution in [0.15, 0.2) is 35.6 Å². The highest BCUT2D eigenvalue weighted by Crippen LogP contribution is 2.20. The second-order valence-corrected chi connectivity index (χ2v) is 5.76. The van der Waals surface area contributed by atoms with Crippen LogP contribution >= 0.6 is 0 Å². The molecule has 0 spiro atoms. The third-order valence-corrected chi connectivity index (χ3v) is 3.69. The molecule has 5 heteroatoms. The van der Waals surface area contributed by atoms with E-state index in [4.69, 9.17) is 10.1 Å². The molecule has 134 valence electrons. The van der Waals surface area contributed by atoms with Crippen molar-refractivity contribution in [2.45, 2.75) is 39.5 Å². The van der Waals surface area contributed by atoms with E-state index in [-0.39, 0.29) is 11.9 Å². The molecular formula is C19H31N3O2. The van der Waals surface area contributed by atoms with Gasteiger partial charge in [-0.1, -0.05) is 25.2 Å². The Kier molecular flexibility index (Phi) is 10.5. The zero-order valence-electron chi connectivity index (χ0n) is 14.9. The van der Waals surface area contributed by atoms with Gasteiger partial charge in [-0.25, -0.2) is 4.79 Å². The topological polar surface area (TPSA) is 74.2 Å². The van der Waals surface area contributed by atoms with Crippen LogP contribution in [0, 0.1) is 11.3 Å². The van der Waals surface area contributed by atoms with Gasteiger partial charge in [-0.2, -0.15) is 0 Å². The number of esters is 1. The first-order valence-electron chi connectivity index (χ1n) is 8.90. The van der Waals surface area contributed by atoms with Crippen molar-refractivity contribution in [3.63, 3.8) is 0 Å². The third-order valence-electron chi connectivity index (χ3n) is 3.69. The van der Waals surface area contributed by atoms with Gasteiger partial charge in [0.2, 0.25) is 0 Å². The van der Waals surface area contributed by atoms with E-state index in [1.807, 2.05) is 6.08 Å². The van der Waals surface area contributed by atoms with Gasteiger partial charge in [0, 0.05) is 30.8 Å². The maximum Gasteiger partial charge on any atom is 0.334 e. The van der Waals surface area contributed by atoms with Crippen LogP contribution in [0.3, 0.4) is 0 Å². The van der Waals surface area contributed by atoms with Crippen molar-refractivity contribution < 1.29 is 9.53 Å². The van der Waals surface area contributed by atoms with Crippen LogP contribution in [0.5, 0.6) is 0 Å². The first-order chi connectivity index (χ1) is 11.7. The quantitative estimate of drug-likeness (QED) is 0.235. The molecule has 0 fully saturated rings. The highest BCUT2D eigenvalue weighted by Gasteiger charge is 2.13. The number of allylic oxidation sites excluding steroid dienone is 4. The van der Waals surface area contributed by atoms with Crippen molar-refractivity contribution in [2.75, 3.05) is 26.2 Å². The SMILES string of the molecule is CCCNCCNC1=CC(/C=C(\CC=N)C(=O)OCC)CCC=C1. The summed E-state index contributed by atoms with van der Waals surface area (Å²) in [5.41, 5.74) is 1.66. The molecule has 0 saturated heterocycles.